The smallest absolute Gasteiger partial charge is 0.407 e. The van der Waals surface area contributed by atoms with Crippen LogP contribution >= 0.6 is 0 Å². The van der Waals surface area contributed by atoms with Gasteiger partial charge >= 0.3 is 11.8 Å². The van der Waals surface area contributed by atoms with Crippen LogP contribution in [-0.2, 0) is 7.05 Å². The molecule has 2 aromatic heterocycles. The number of carboxylic acid groups (broad SMARTS) is 1. The summed E-state index contributed by atoms with van der Waals surface area (Å²) >= 11 is 0. The number of nitrogens with one attached hydrogen (secondary N) is 1. The molecule has 1 amide bonds. The number of rotatable bonds is 3. The number of carbonyl (C=O) groups is 1. The Kier molecular flexibility index (Phi) is 5.33. The topological polar surface area (TPSA) is 92.4 Å². The van der Waals surface area contributed by atoms with E-state index in [1.165, 1.54) is 16.0 Å². The number of hydrogen-bond acceptors (Lipinski definition) is 4. The summed E-state index contributed by atoms with van der Waals surface area (Å²) in [6.07, 6.45) is 3.60. The number of likely N-dealkylation sites (tertiary alicyclic amines) is 1. The third-order valence-electron chi connectivity index (χ3n) is 7.83. The molecule has 8 heteroatoms. The molecular formula is C27H29N5O3. The summed E-state index contributed by atoms with van der Waals surface area (Å²) in [6, 6.07) is 17.2. The van der Waals surface area contributed by atoms with Gasteiger partial charge in [-0.3, -0.25) is 14.1 Å². The van der Waals surface area contributed by atoms with Crippen LogP contribution in [0, 0.1) is 0 Å². The van der Waals surface area contributed by atoms with Crippen LogP contribution in [0.4, 0.5) is 4.79 Å². The molecule has 2 fully saturated rings. The van der Waals surface area contributed by atoms with Gasteiger partial charge in [-0.1, -0.05) is 36.4 Å². The Morgan fingerprint density at radius 3 is 2.63 bits per heavy atom. The number of pyridine rings is 1. The average Bonchev–Trinajstić information content (AvgIpc) is 3.48. The molecule has 8 nitrogen and oxygen atoms in total. The van der Waals surface area contributed by atoms with Crippen LogP contribution in [0.25, 0.3) is 21.9 Å². The lowest BCUT2D eigenvalue weighted by Gasteiger charge is -2.30. The second-order valence-electron chi connectivity index (χ2n) is 9.80. The van der Waals surface area contributed by atoms with Crippen molar-refractivity contribution < 1.29 is 9.90 Å². The summed E-state index contributed by atoms with van der Waals surface area (Å²) in [5.41, 5.74) is 4.93. The number of aryl methyl sites for hydroxylation is 1. The molecule has 0 spiro atoms. The molecule has 2 aliphatic rings. The van der Waals surface area contributed by atoms with Gasteiger partial charge in [0.05, 0.1) is 28.8 Å². The summed E-state index contributed by atoms with van der Waals surface area (Å²) in [4.78, 5) is 30.8. The quantitative estimate of drug-likeness (QED) is 0.471. The number of nitrogens with zero attached hydrogens (tertiary/aromatic N) is 4. The minimum Gasteiger partial charge on any atom is -0.465 e. The van der Waals surface area contributed by atoms with Gasteiger partial charge in [-0.15, -0.1) is 0 Å². The predicted octanol–water partition coefficient (Wildman–Crippen LogP) is 4.02. The molecule has 0 bridgehead atoms. The molecule has 3 atom stereocenters. The van der Waals surface area contributed by atoms with Crippen molar-refractivity contribution in [3.63, 3.8) is 0 Å². The number of aromatic nitrogens is 3. The summed E-state index contributed by atoms with van der Waals surface area (Å²) in [7, 11) is 1.76. The molecular weight excluding hydrogens is 442 g/mol. The van der Waals surface area contributed by atoms with Gasteiger partial charge in [0.1, 0.15) is 0 Å². The molecule has 3 unspecified atom stereocenters. The summed E-state index contributed by atoms with van der Waals surface area (Å²) < 4.78 is 3.43. The molecule has 6 rings (SSSR count). The first-order chi connectivity index (χ1) is 17.0. The molecule has 4 aromatic rings. The van der Waals surface area contributed by atoms with Crippen molar-refractivity contribution in [3.8, 4) is 0 Å². The SMILES string of the molecule is Cn1c(=O)n(C2CCN(C(=O)O)C2)c2c3cc(C4CCC(c5ccccc5)NC4)ccc3ncc21. The monoisotopic (exact) mass is 471 g/mol. The third kappa shape index (κ3) is 3.69. The normalized spacial score (nSPS) is 22.8. The van der Waals surface area contributed by atoms with E-state index in [2.05, 4.69) is 46.7 Å². The highest BCUT2D eigenvalue weighted by atomic mass is 16.4. The molecule has 2 N–H and O–H groups in total. The molecule has 4 heterocycles. The van der Waals surface area contributed by atoms with Crippen molar-refractivity contribution in [3.05, 3.63) is 76.3 Å². The van der Waals surface area contributed by atoms with Gasteiger partial charge < -0.3 is 15.3 Å². The van der Waals surface area contributed by atoms with Crippen LogP contribution in [0.3, 0.4) is 0 Å². The fourth-order valence-electron chi connectivity index (χ4n) is 5.87. The molecule has 2 saturated heterocycles. The predicted molar refractivity (Wildman–Crippen MR) is 135 cm³/mol. The number of benzene rings is 2. The van der Waals surface area contributed by atoms with Crippen LogP contribution in [0.1, 0.15) is 48.4 Å². The Labute approximate surface area is 202 Å². The number of amides is 1. The second-order valence-corrected chi connectivity index (χ2v) is 9.80. The minimum atomic E-state index is -0.937. The maximum atomic E-state index is 13.3. The van der Waals surface area contributed by atoms with Crippen molar-refractivity contribution in [1.29, 1.82) is 0 Å². The van der Waals surface area contributed by atoms with E-state index < -0.39 is 6.09 Å². The lowest BCUT2D eigenvalue weighted by Crippen LogP contribution is -2.32. The Hall–Kier alpha value is -3.65. The maximum Gasteiger partial charge on any atom is 0.407 e. The first-order valence-corrected chi connectivity index (χ1v) is 12.3. The van der Waals surface area contributed by atoms with Gasteiger partial charge in [-0.05, 0) is 48.4 Å². The summed E-state index contributed by atoms with van der Waals surface area (Å²) in [6.45, 7) is 1.66. The van der Waals surface area contributed by atoms with E-state index in [9.17, 15) is 14.7 Å². The zero-order chi connectivity index (χ0) is 24.1. The van der Waals surface area contributed by atoms with Crippen LogP contribution in [0.2, 0.25) is 0 Å². The van der Waals surface area contributed by atoms with E-state index in [0.717, 1.165) is 41.3 Å². The molecule has 2 aromatic carbocycles. The second kappa shape index (κ2) is 8.53. The Morgan fingerprint density at radius 2 is 1.91 bits per heavy atom. The molecule has 0 radical (unpaired) electrons. The molecule has 180 valence electrons. The molecule has 0 saturated carbocycles. The van der Waals surface area contributed by atoms with E-state index >= 15 is 0 Å². The fourth-order valence-corrected chi connectivity index (χ4v) is 5.87. The first kappa shape index (κ1) is 21.9. The van der Waals surface area contributed by atoms with Crippen LogP contribution in [-0.4, -0.2) is 49.9 Å². The highest BCUT2D eigenvalue weighted by Gasteiger charge is 2.31. The van der Waals surface area contributed by atoms with Crippen molar-refractivity contribution in [2.75, 3.05) is 19.6 Å². The van der Waals surface area contributed by atoms with Gasteiger partial charge in [0.2, 0.25) is 0 Å². The lowest BCUT2D eigenvalue weighted by atomic mass is 9.86. The molecule has 2 aliphatic heterocycles. The number of imidazole rings is 1. The van der Waals surface area contributed by atoms with E-state index in [1.54, 1.807) is 22.4 Å². The largest absolute Gasteiger partial charge is 0.465 e. The van der Waals surface area contributed by atoms with Gasteiger partial charge in [0.15, 0.2) is 0 Å². The zero-order valence-corrected chi connectivity index (χ0v) is 19.7. The third-order valence-corrected chi connectivity index (χ3v) is 7.83. The van der Waals surface area contributed by atoms with Gasteiger partial charge in [-0.2, -0.15) is 0 Å². The van der Waals surface area contributed by atoms with E-state index in [4.69, 9.17) is 0 Å². The van der Waals surface area contributed by atoms with E-state index in [-0.39, 0.29) is 11.7 Å². The van der Waals surface area contributed by atoms with Gasteiger partial charge in [0, 0.05) is 38.1 Å². The fraction of sp³-hybridized carbons (Fsp3) is 0.370. The maximum absolute atomic E-state index is 13.3. The van der Waals surface area contributed by atoms with Crippen molar-refractivity contribution in [2.24, 2.45) is 7.05 Å². The van der Waals surface area contributed by atoms with Crippen molar-refractivity contribution in [2.45, 2.75) is 37.3 Å². The van der Waals surface area contributed by atoms with Crippen LogP contribution < -0.4 is 11.0 Å². The van der Waals surface area contributed by atoms with Gasteiger partial charge in [-0.25, -0.2) is 9.59 Å². The highest BCUT2D eigenvalue weighted by Crippen LogP contribution is 2.35. The number of fused-ring (bicyclic) bond motifs is 3. The van der Waals surface area contributed by atoms with Crippen molar-refractivity contribution in [1.82, 2.24) is 24.3 Å². The van der Waals surface area contributed by atoms with Crippen molar-refractivity contribution >= 4 is 28.0 Å². The van der Waals surface area contributed by atoms with E-state index in [0.29, 0.717) is 31.5 Å². The Bertz CT molecular complexity index is 1470. The highest BCUT2D eigenvalue weighted by molar-refractivity contribution is 6.02. The standard InChI is InChI=1S/C27H29N5O3/c1-30-24-15-29-23-10-7-18(19-8-9-22(28-14-19)17-5-3-2-4-6-17)13-21(23)25(24)32(26(30)33)20-11-12-31(16-20)27(34)35/h2-7,10,13,15,19-20,22,28H,8-9,11-12,14,16H2,1H3,(H,34,35). The Morgan fingerprint density at radius 1 is 1.09 bits per heavy atom. The zero-order valence-electron chi connectivity index (χ0n) is 19.7. The lowest BCUT2D eigenvalue weighted by molar-refractivity contribution is 0.154. The number of hydrogen-bond donors (Lipinski definition) is 2. The van der Waals surface area contributed by atoms with Crippen LogP contribution in [0.5, 0.6) is 0 Å². The molecule has 35 heavy (non-hydrogen) atoms. The van der Waals surface area contributed by atoms with Crippen LogP contribution in [0.15, 0.2) is 59.5 Å². The summed E-state index contributed by atoms with van der Waals surface area (Å²) in [5, 5.41) is 14.1. The average molecular weight is 472 g/mol. The number of piperidine rings is 1. The first-order valence-electron chi connectivity index (χ1n) is 12.3. The Balaban J connectivity index is 1.37. The molecule has 0 aliphatic carbocycles. The summed E-state index contributed by atoms with van der Waals surface area (Å²) in [5.74, 6) is 0.382. The van der Waals surface area contributed by atoms with Gasteiger partial charge in [0.25, 0.3) is 0 Å². The van der Waals surface area contributed by atoms with E-state index in [1.807, 2.05) is 12.1 Å². The minimum absolute atomic E-state index is 0.123.